The van der Waals surface area contributed by atoms with Crippen LogP contribution < -0.4 is 15.5 Å². The minimum Gasteiger partial charge on any atom is -0.368 e. The van der Waals surface area contributed by atoms with E-state index in [4.69, 9.17) is 4.98 Å². The molecule has 2 N–H and O–H groups in total. The Kier molecular flexibility index (Phi) is 5.26. The van der Waals surface area contributed by atoms with Crippen LogP contribution in [0.15, 0.2) is 66.9 Å². The molecule has 0 radical (unpaired) electrons. The zero-order chi connectivity index (χ0) is 23.1. The fourth-order valence-electron chi connectivity index (χ4n) is 5.26. The number of anilines is 5. The topological polar surface area (TPSA) is 69.2 Å². The molecule has 2 aliphatic rings. The van der Waals surface area contributed by atoms with Gasteiger partial charge in [0.2, 0.25) is 0 Å². The number of likely N-dealkylation sites (N-methyl/N-ethyl adjacent to an activating group) is 1. The van der Waals surface area contributed by atoms with Crippen molar-refractivity contribution in [1.82, 2.24) is 20.1 Å². The van der Waals surface area contributed by atoms with Crippen LogP contribution >= 0.6 is 0 Å². The van der Waals surface area contributed by atoms with Crippen LogP contribution in [0.3, 0.4) is 0 Å². The Balaban J connectivity index is 1.16. The fourth-order valence-corrected chi connectivity index (χ4v) is 5.26. The molecule has 2 saturated heterocycles. The number of pyridine rings is 1. The van der Waals surface area contributed by atoms with Crippen LogP contribution in [0.2, 0.25) is 0 Å². The quantitative estimate of drug-likeness (QED) is 0.437. The van der Waals surface area contributed by atoms with Crippen molar-refractivity contribution in [3.05, 3.63) is 72.4 Å². The lowest BCUT2D eigenvalue weighted by Crippen LogP contribution is -2.51. The maximum atomic E-state index is 4.75. The van der Waals surface area contributed by atoms with Gasteiger partial charge in [-0.05, 0) is 68.8 Å². The lowest BCUT2D eigenvalue weighted by Gasteiger charge is -2.40. The van der Waals surface area contributed by atoms with Crippen molar-refractivity contribution in [1.29, 1.82) is 0 Å². The van der Waals surface area contributed by atoms with E-state index in [9.17, 15) is 0 Å². The summed E-state index contributed by atoms with van der Waals surface area (Å²) in [6.07, 6.45) is 4.38. The number of hydrogen-bond donors (Lipinski definition) is 2. The van der Waals surface area contributed by atoms with Gasteiger partial charge in [0.1, 0.15) is 11.6 Å². The molecular formula is C27H29N7. The molecule has 34 heavy (non-hydrogen) atoms. The third-order valence-electron chi connectivity index (χ3n) is 7.24. The van der Waals surface area contributed by atoms with Gasteiger partial charge in [0.05, 0.1) is 17.4 Å². The summed E-state index contributed by atoms with van der Waals surface area (Å²) < 4.78 is 0. The molecule has 2 aliphatic heterocycles. The molecule has 0 amide bonds. The number of hydrogen-bond acceptors (Lipinski definition) is 7. The molecule has 2 bridgehead atoms. The summed E-state index contributed by atoms with van der Waals surface area (Å²) in [5.41, 5.74) is 5.22. The summed E-state index contributed by atoms with van der Waals surface area (Å²) in [4.78, 5) is 9.85. The van der Waals surface area contributed by atoms with Gasteiger partial charge in [-0.2, -0.15) is 10.2 Å². The molecule has 0 spiro atoms. The van der Waals surface area contributed by atoms with E-state index in [1.54, 1.807) is 6.20 Å². The van der Waals surface area contributed by atoms with Crippen molar-refractivity contribution in [2.24, 2.45) is 0 Å². The van der Waals surface area contributed by atoms with Crippen molar-refractivity contribution in [3.63, 3.8) is 0 Å². The highest BCUT2D eigenvalue weighted by Gasteiger charge is 2.37. The number of nitrogens with one attached hydrogen (secondary N) is 2. The summed E-state index contributed by atoms with van der Waals surface area (Å²) in [5, 5.41) is 16.3. The van der Waals surface area contributed by atoms with Crippen LogP contribution in [0.1, 0.15) is 18.4 Å². The van der Waals surface area contributed by atoms with Gasteiger partial charge < -0.3 is 15.5 Å². The SMILES string of the molecule is Cc1cccc2c(Nc3cccc(Nc4ccc(N5CC6CCC(C5)N6C)cc4)n3)cnnc12. The van der Waals surface area contributed by atoms with E-state index >= 15 is 0 Å². The first-order chi connectivity index (χ1) is 16.6. The molecule has 2 fully saturated rings. The van der Waals surface area contributed by atoms with Gasteiger partial charge in [-0.3, -0.25) is 4.90 Å². The monoisotopic (exact) mass is 451 g/mol. The van der Waals surface area contributed by atoms with Crippen LogP contribution in [0.5, 0.6) is 0 Å². The fraction of sp³-hybridized carbons (Fsp3) is 0.296. The molecule has 2 atom stereocenters. The highest BCUT2D eigenvalue weighted by Crippen LogP contribution is 2.32. The number of piperazine rings is 1. The van der Waals surface area contributed by atoms with Crippen molar-refractivity contribution >= 4 is 39.6 Å². The van der Waals surface area contributed by atoms with Gasteiger partial charge in [-0.25, -0.2) is 4.98 Å². The Labute approximate surface area is 199 Å². The van der Waals surface area contributed by atoms with E-state index in [1.807, 2.05) is 37.3 Å². The number of benzene rings is 2. The van der Waals surface area contributed by atoms with E-state index in [0.29, 0.717) is 12.1 Å². The number of fused-ring (bicyclic) bond motifs is 3. The minimum absolute atomic E-state index is 0.688. The maximum absolute atomic E-state index is 4.75. The summed E-state index contributed by atoms with van der Waals surface area (Å²) in [6.45, 7) is 4.28. The Hall–Kier alpha value is -3.71. The normalized spacial score (nSPS) is 20.0. The summed E-state index contributed by atoms with van der Waals surface area (Å²) >= 11 is 0. The molecule has 172 valence electrons. The largest absolute Gasteiger partial charge is 0.368 e. The van der Waals surface area contributed by atoms with Crippen LogP contribution in [-0.2, 0) is 0 Å². The van der Waals surface area contributed by atoms with Gasteiger partial charge in [0.25, 0.3) is 0 Å². The first kappa shape index (κ1) is 20.9. The van der Waals surface area contributed by atoms with E-state index < -0.39 is 0 Å². The van der Waals surface area contributed by atoms with E-state index in [-0.39, 0.29) is 0 Å². The van der Waals surface area contributed by atoms with Crippen molar-refractivity contribution in [3.8, 4) is 0 Å². The molecule has 7 heteroatoms. The highest BCUT2D eigenvalue weighted by molar-refractivity contribution is 5.93. The first-order valence-electron chi connectivity index (χ1n) is 11.9. The van der Waals surface area contributed by atoms with Gasteiger partial charge >= 0.3 is 0 Å². The number of nitrogens with zero attached hydrogens (tertiary/aromatic N) is 5. The van der Waals surface area contributed by atoms with Crippen LogP contribution in [0, 0.1) is 6.92 Å². The molecule has 7 nitrogen and oxygen atoms in total. The Morgan fingerprint density at radius 2 is 1.56 bits per heavy atom. The highest BCUT2D eigenvalue weighted by atomic mass is 15.3. The second-order valence-electron chi connectivity index (χ2n) is 9.39. The Morgan fingerprint density at radius 1 is 0.853 bits per heavy atom. The number of aromatic nitrogens is 3. The van der Waals surface area contributed by atoms with Gasteiger partial charge in [0.15, 0.2) is 0 Å². The third kappa shape index (κ3) is 3.92. The van der Waals surface area contributed by atoms with E-state index in [0.717, 1.165) is 52.6 Å². The van der Waals surface area contributed by atoms with Crippen molar-refractivity contribution in [2.75, 3.05) is 35.7 Å². The molecule has 6 rings (SSSR count). The van der Waals surface area contributed by atoms with E-state index in [2.05, 4.69) is 68.0 Å². The average Bonchev–Trinajstić information content (AvgIpc) is 3.05. The predicted molar refractivity (Wildman–Crippen MR) is 138 cm³/mol. The average molecular weight is 452 g/mol. The lowest BCUT2D eigenvalue weighted by molar-refractivity contribution is 0.212. The Morgan fingerprint density at radius 3 is 2.32 bits per heavy atom. The number of rotatable bonds is 5. The molecule has 4 heterocycles. The van der Waals surface area contributed by atoms with Gasteiger partial charge in [-0.1, -0.05) is 24.3 Å². The molecule has 2 unspecified atom stereocenters. The zero-order valence-corrected chi connectivity index (χ0v) is 19.6. The van der Waals surface area contributed by atoms with Crippen molar-refractivity contribution in [2.45, 2.75) is 31.8 Å². The van der Waals surface area contributed by atoms with Crippen LogP contribution in [0.25, 0.3) is 10.9 Å². The van der Waals surface area contributed by atoms with Gasteiger partial charge in [0, 0.05) is 41.9 Å². The standard InChI is InChI=1S/C27H29N7/c1-18-5-3-6-23-24(15-28-32-27(18)23)30-26-8-4-7-25(31-26)29-19-9-11-20(12-10-19)34-16-21-13-14-22(17-34)33(21)2/h3-12,15,21-22H,13-14,16-17H2,1-2H3,(H2,29,30,31,32). The molecular weight excluding hydrogens is 422 g/mol. The number of aryl methyl sites for hydroxylation is 1. The predicted octanol–water partition coefficient (Wildman–Crippen LogP) is 5.10. The van der Waals surface area contributed by atoms with E-state index in [1.165, 1.54) is 18.5 Å². The molecule has 2 aromatic heterocycles. The maximum Gasteiger partial charge on any atom is 0.132 e. The summed E-state index contributed by atoms with van der Waals surface area (Å²) in [5.74, 6) is 1.54. The molecule has 0 saturated carbocycles. The molecule has 2 aromatic carbocycles. The molecule has 0 aliphatic carbocycles. The smallest absolute Gasteiger partial charge is 0.132 e. The third-order valence-corrected chi connectivity index (χ3v) is 7.24. The lowest BCUT2D eigenvalue weighted by atomic mass is 10.1. The van der Waals surface area contributed by atoms with Gasteiger partial charge in [-0.15, -0.1) is 0 Å². The van der Waals surface area contributed by atoms with Crippen molar-refractivity contribution < 1.29 is 0 Å². The van der Waals surface area contributed by atoms with Crippen LogP contribution in [0.4, 0.5) is 28.7 Å². The second-order valence-corrected chi connectivity index (χ2v) is 9.39. The summed E-state index contributed by atoms with van der Waals surface area (Å²) in [6, 6.07) is 22.1. The summed E-state index contributed by atoms with van der Waals surface area (Å²) in [7, 11) is 2.28. The first-order valence-corrected chi connectivity index (χ1v) is 11.9. The Bertz CT molecular complexity index is 1310. The van der Waals surface area contributed by atoms with Crippen LogP contribution in [-0.4, -0.2) is 52.3 Å². The second kappa shape index (κ2) is 8.57. The zero-order valence-electron chi connectivity index (χ0n) is 19.6. The minimum atomic E-state index is 0.688. The molecule has 4 aromatic rings.